The van der Waals surface area contributed by atoms with Gasteiger partial charge >= 0.3 is 12.1 Å². The number of halogens is 4. The molecule has 2 fully saturated rings. The molecule has 2 atom stereocenters. The molecule has 21 heavy (non-hydrogen) atoms. The molecule has 0 unspecified atom stereocenters. The fourth-order valence-corrected chi connectivity index (χ4v) is 3.57. The molecule has 1 saturated carbocycles. The first-order valence-corrected chi connectivity index (χ1v) is 7.65. The van der Waals surface area contributed by atoms with Crippen molar-refractivity contribution in [2.24, 2.45) is 5.73 Å². The Morgan fingerprint density at radius 3 is 2.05 bits per heavy atom. The number of alkyl halides is 4. The van der Waals surface area contributed by atoms with Crippen molar-refractivity contribution in [1.82, 2.24) is 4.31 Å². The third-order valence-corrected chi connectivity index (χ3v) is 5.47. The highest BCUT2D eigenvalue weighted by Gasteiger charge is 2.42. The minimum absolute atomic E-state index is 0.0556. The maximum atomic E-state index is 13.2. The van der Waals surface area contributed by atoms with Crippen LogP contribution in [0.5, 0.6) is 0 Å². The topological polar surface area (TPSA) is 101 Å². The van der Waals surface area contributed by atoms with Crippen molar-refractivity contribution in [3.8, 4) is 0 Å². The molecule has 11 heteroatoms. The number of hydrogen-bond donors (Lipinski definition) is 2. The fourth-order valence-electron chi connectivity index (χ4n) is 1.70. The van der Waals surface area contributed by atoms with Gasteiger partial charge < -0.3 is 10.8 Å². The summed E-state index contributed by atoms with van der Waals surface area (Å²) in [7, 11) is -3.21. The van der Waals surface area contributed by atoms with Crippen molar-refractivity contribution in [2.45, 2.75) is 42.9 Å². The summed E-state index contributed by atoms with van der Waals surface area (Å²) in [6.45, 7) is 0.320. The smallest absolute Gasteiger partial charge is 0.475 e. The minimum atomic E-state index is -5.08. The largest absolute Gasteiger partial charge is 0.490 e. The summed E-state index contributed by atoms with van der Waals surface area (Å²) in [5.41, 5.74) is 5.48. The minimum Gasteiger partial charge on any atom is -0.475 e. The van der Waals surface area contributed by atoms with Crippen LogP contribution in [-0.2, 0) is 14.8 Å². The van der Waals surface area contributed by atoms with Crippen LogP contribution in [0.3, 0.4) is 0 Å². The van der Waals surface area contributed by atoms with Crippen molar-refractivity contribution >= 4 is 16.0 Å². The van der Waals surface area contributed by atoms with Gasteiger partial charge in [-0.2, -0.15) is 17.5 Å². The third kappa shape index (κ3) is 5.08. The summed E-state index contributed by atoms with van der Waals surface area (Å²) in [6, 6.07) is -0.499. The number of piperidine rings is 1. The van der Waals surface area contributed by atoms with E-state index in [1.165, 1.54) is 4.31 Å². The van der Waals surface area contributed by atoms with Crippen molar-refractivity contribution in [1.29, 1.82) is 0 Å². The molecule has 0 amide bonds. The van der Waals surface area contributed by atoms with Crippen LogP contribution in [0.4, 0.5) is 17.6 Å². The molecule has 0 aromatic rings. The molecule has 2 aliphatic rings. The predicted molar refractivity (Wildman–Crippen MR) is 64.7 cm³/mol. The Bertz CT molecular complexity index is 478. The molecule has 0 bridgehead atoms. The molecular formula is C10H16F4N2O4S. The molecule has 2 rings (SSSR count). The highest BCUT2D eigenvalue weighted by molar-refractivity contribution is 7.90. The first-order valence-electron chi connectivity index (χ1n) is 6.15. The van der Waals surface area contributed by atoms with E-state index in [-0.39, 0.29) is 11.8 Å². The number of nitrogens with two attached hydrogens (primary N) is 1. The summed E-state index contributed by atoms with van der Waals surface area (Å²) >= 11 is 0. The number of rotatable bonds is 2. The molecule has 3 N–H and O–H groups in total. The quantitative estimate of drug-likeness (QED) is 0.715. The van der Waals surface area contributed by atoms with Crippen molar-refractivity contribution < 1.29 is 35.9 Å². The zero-order valence-corrected chi connectivity index (χ0v) is 11.7. The fraction of sp³-hybridized carbons (Fsp3) is 0.900. The van der Waals surface area contributed by atoms with E-state index in [1.54, 1.807) is 0 Å². The van der Waals surface area contributed by atoms with Gasteiger partial charge in [0.25, 0.3) is 0 Å². The summed E-state index contributed by atoms with van der Waals surface area (Å²) in [5.74, 6) is -2.76. The first kappa shape index (κ1) is 18.1. The van der Waals surface area contributed by atoms with Crippen LogP contribution in [0.15, 0.2) is 0 Å². The lowest BCUT2D eigenvalue weighted by atomic mass is 10.1. The Hall–Kier alpha value is -0.940. The van der Waals surface area contributed by atoms with E-state index in [0.717, 1.165) is 12.8 Å². The molecule has 1 saturated heterocycles. The van der Waals surface area contributed by atoms with Crippen molar-refractivity contribution in [2.75, 3.05) is 13.1 Å². The summed E-state index contributed by atoms with van der Waals surface area (Å²) in [6.07, 6.45) is -4.42. The molecule has 1 aliphatic heterocycles. The van der Waals surface area contributed by atoms with Gasteiger partial charge in [0, 0.05) is 19.1 Å². The second-order valence-electron chi connectivity index (χ2n) is 4.87. The highest BCUT2D eigenvalue weighted by atomic mass is 32.2. The zero-order valence-electron chi connectivity index (χ0n) is 10.9. The molecule has 0 aromatic heterocycles. The van der Waals surface area contributed by atoms with Gasteiger partial charge in [-0.3, -0.25) is 0 Å². The lowest BCUT2D eigenvalue weighted by Gasteiger charge is -2.31. The zero-order chi connectivity index (χ0) is 16.4. The van der Waals surface area contributed by atoms with Gasteiger partial charge in [-0.25, -0.2) is 17.6 Å². The Kier molecular flexibility index (Phi) is 5.56. The Balaban J connectivity index is 0.000000270. The van der Waals surface area contributed by atoms with Gasteiger partial charge in [-0.1, -0.05) is 0 Å². The van der Waals surface area contributed by atoms with Crippen LogP contribution < -0.4 is 5.73 Å². The highest BCUT2D eigenvalue weighted by Crippen LogP contribution is 2.32. The molecule has 0 radical (unpaired) electrons. The Morgan fingerprint density at radius 1 is 1.24 bits per heavy atom. The van der Waals surface area contributed by atoms with Gasteiger partial charge in [-0.05, 0) is 19.3 Å². The van der Waals surface area contributed by atoms with Gasteiger partial charge in [0.2, 0.25) is 10.0 Å². The van der Waals surface area contributed by atoms with Gasteiger partial charge in [-0.15, -0.1) is 0 Å². The van der Waals surface area contributed by atoms with E-state index in [4.69, 9.17) is 15.6 Å². The second kappa shape index (κ2) is 6.44. The molecule has 0 aromatic carbocycles. The van der Waals surface area contributed by atoms with Gasteiger partial charge in [0.1, 0.15) is 6.17 Å². The molecule has 0 spiro atoms. The van der Waals surface area contributed by atoms with Crippen LogP contribution in [0, 0.1) is 0 Å². The number of aliphatic carboxylic acids is 1. The van der Waals surface area contributed by atoms with E-state index in [0.29, 0.717) is 13.0 Å². The third-order valence-electron chi connectivity index (χ3n) is 3.10. The van der Waals surface area contributed by atoms with E-state index < -0.39 is 34.4 Å². The van der Waals surface area contributed by atoms with Gasteiger partial charge in [0.15, 0.2) is 0 Å². The number of hydrogen-bond acceptors (Lipinski definition) is 4. The van der Waals surface area contributed by atoms with Crippen molar-refractivity contribution in [3.63, 3.8) is 0 Å². The van der Waals surface area contributed by atoms with Crippen LogP contribution >= 0.6 is 0 Å². The van der Waals surface area contributed by atoms with E-state index >= 15 is 0 Å². The summed E-state index contributed by atoms with van der Waals surface area (Å²) < 4.78 is 69.6. The molecule has 1 aliphatic carbocycles. The number of sulfonamides is 1. The molecule has 6 nitrogen and oxygen atoms in total. The average Bonchev–Trinajstić information content (AvgIpc) is 3.16. The second-order valence-corrected chi connectivity index (χ2v) is 7.09. The SMILES string of the molecule is N[C@@H]1CCN(S(=O)(=O)C2CC2)C[C@H]1F.O=C(O)C(F)(F)F. The summed E-state index contributed by atoms with van der Waals surface area (Å²) in [5, 5.41) is 6.88. The molecule has 124 valence electrons. The molecular weight excluding hydrogens is 320 g/mol. The average molecular weight is 336 g/mol. The van der Waals surface area contributed by atoms with Crippen LogP contribution in [0.25, 0.3) is 0 Å². The van der Waals surface area contributed by atoms with Crippen LogP contribution in [0.2, 0.25) is 0 Å². The van der Waals surface area contributed by atoms with Crippen LogP contribution in [-0.4, -0.2) is 60.5 Å². The Labute approximate surface area is 118 Å². The maximum Gasteiger partial charge on any atom is 0.490 e. The normalized spacial score (nSPS) is 27.7. The number of carboxylic acids is 1. The Morgan fingerprint density at radius 2 is 1.71 bits per heavy atom. The van der Waals surface area contributed by atoms with Crippen molar-refractivity contribution in [3.05, 3.63) is 0 Å². The van der Waals surface area contributed by atoms with E-state index in [2.05, 4.69) is 0 Å². The lowest BCUT2D eigenvalue weighted by molar-refractivity contribution is -0.192. The van der Waals surface area contributed by atoms with E-state index in [9.17, 15) is 26.0 Å². The first-order chi connectivity index (χ1) is 9.46. The molecule has 1 heterocycles. The monoisotopic (exact) mass is 336 g/mol. The number of nitrogens with zero attached hydrogens (tertiary/aromatic N) is 1. The van der Waals surface area contributed by atoms with E-state index in [1.807, 2.05) is 0 Å². The number of carbonyl (C=O) groups is 1. The predicted octanol–water partition coefficient (Wildman–Crippen LogP) is 0.483. The number of carboxylic acid groups (broad SMARTS) is 1. The lowest BCUT2D eigenvalue weighted by Crippen LogP contribution is -2.51. The maximum absolute atomic E-state index is 13.2. The van der Waals surface area contributed by atoms with Crippen LogP contribution in [0.1, 0.15) is 19.3 Å². The summed E-state index contributed by atoms with van der Waals surface area (Å²) in [4.78, 5) is 8.90. The van der Waals surface area contributed by atoms with Gasteiger partial charge in [0.05, 0.1) is 5.25 Å². The standard InChI is InChI=1S/C8H15FN2O2S.C2HF3O2/c9-7-5-11(4-3-8(7)10)14(12,13)6-1-2-6;3-2(4,5)1(6)7/h6-8H,1-5,10H2;(H,6,7)/t7-,8-;/m1./s1.